The number of benzene rings is 1. The van der Waals surface area contributed by atoms with Gasteiger partial charge in [0.25, 0.3) is 0 Å². The van der Waals surface area contributed by atoms with Gasteiger partial charge in [0.15, 0.2) is 0 Å². The molecule has 1 heterocycles. The van der Waals surface area contributed by atoms with Crippen molar-refractivity contribution in [1.29, 1.82) is 0 Å². The summed E-state index contributed by atoms with van der Waals surface area (Å²) in [5.41, 5.74) is 2.13. The molecule has 0 spiro atoms. The molecule has 3 heteroatoms. The van der Waals surface area contributed by atoms with Crippen LogP contribution in [0, 0.1) is 5.41 Å². The highest BCUT2D eigenvalue weighted by Gasteiger charge is 2.26. The van der Waals surface area contributed by atoms with Gasteiger partial charge in [0, 0.05) is 20.1 Å². The Bertz CT molecular complexity index is 374. The minimum Gasteiger partial charge on any atom is -0.506 e. The Hall–Kier alpha value is -1.38. The highest BCUT2D eigenvalue weighted by molar-refractivity contribution is 5.76. The summed E-state index contributed by atoms with van der Waals surface area (Å²) in [6.07, 6.45) is 0. The Kier molecular flexibility index (Phi) is 2.25. The van der Waals surface area contributed by atoms with Crippen molar-refractivity contribution in [1.82, 2.24) is 0 Å². The van der Waals surface area contributed by atoms with Crippen LogP contribution in [0.2, 0.25) is 0 Å². The van der Waals surface area contributed by atoms with Crippen LogP contribution in [0.15, 0.2) is 18.2 Å². The molecule has 0 atom stereocenters. The van der Waals surface area contributed by atoms with Gasteiger partial charge in [-0.15, -0.1) is 0 Å². The van der Waals surface area contributed by atoms with Crippen LogP contribution in [0.4, 0.5) is 11.4 Å². The zero-order valence-corrected chi connectivity index (χ0v) is 9.54. The predicted octanol–water partition coefficient (Wildman–Crippen LogP) is 2.28. The largest absolute Gasteiger partial charge is 0.506 e. The summed E-state index contributed by atoms with van der Waals surface area (Å²) in [5, 5.41) is 13.1. The van der Waals surface area contributed by atoms with Gasteiger partial charge in [-0.25, -0.2) is 0 Å². The Morgan fingerprint density at radius 3 is 2.87 bits per heavy atom. The Morgan fingerprint density at radius 1 is 1.40 bits per heavy atom. The molecular formula is C12H18N2O. The van der Waals surface area contributed by atoms with E-state index < -0.39 is 0 Å². The Balaban J connectivity index is 2.44. The molecule has 2 N–H and O–H groups in total. The lowest BCUT2D eigenvalue weighted by atomic mass is 9.93. The van der Waals surface area contributed by atoms with Crippen molar-refractivity contribution in [3.05, 3.63) is 18.2 Å². The molecule has 3 nitrogen and oxygen atoms in total. The SMILES string of the molecule is CN1CC(C)(C)CNc2c(O)cccc21. The second kappa shape index (κ2) is 3.33. The third-order valence-electron chi connectivity index (χ3n) is 2.84. The molecule has 1 aliphatic rings. The molecule has 0 bridgehead atoms. The van der Waals surface area contributed by atoms with Gasteiger partial charge in [0.05, 0.1) is 5.69 Å². The second-order valence-electron chi connectivity index (χ2n) is 5.05. The van der Waals surface area contributed by atoms with E-state index >= 15 is 0 Å². The molecule has 0 fully saturated rings. The van der Waals surface area contributed by atoms with Gasteiger partial charge in [-0.1, -0.05) is 19.9 Å². The Morgan fingerprint density at radius 2 is 2.13 bits per heavy atom. The number of nitrogens with one attached hydrogen (secondary N) is 1. The average molecular weight is 206 g/mol. The van der Waals surface area contributed by atoms with E-state index in [1.807, 2.05) is 12.1 Å². The lowest BCUT2D eigenvalue weighted by Crippen LogP contribution is -2.33. The molecule has 1 aromatic rings. The van der Waals surface area contributed by atoms with Gasteiger partial charge in [-0.3, -0.25) is 0 Å². The number of hydrogen-bond acceptors (Lipinski definition) is 3. The van der Waals surface area contributed by atoms with Crippen LogP contribution in [0.1, 0.15) is 13.8 Å². The normalized spacial score (nSPS) is 19.0. The summed E-state index contributed by atoms with van der Waals surface area (Å²) in [4.78, 5) is 2.19. The lowest BCUT2D eigenvalue weighted by Gasteiger charge is -2.27. The minimum absolute atomic E-state index is 0.209. The van der Waals surface area contributed by atoms with Crippen LogP contribution in [0.5, 0.6) is 5.75 Å². The molecule has 15 heavy (non-hydrogen) atoms. The highest BCUT2D eigenvalue weighted by atomic mass is 16.3. The van der Waals surface area contributed by atoms with Crippen LogP contribution in [0.25, 0.3) is 0 Å². The van der Waals surface area contributed by atoms with Crippen molar-refractivity contribution in [2.75, 3.05) is 30.4 Å². The molecule has 0 saturated heterocycles. The summed E-state index contributed by atoms with van der Waals surface area (Å²) in [6.45, 7) is 6.30. The van der Waals surface area contributed by atoms with Crippen molar-refractivity contribution in [3.63, 3.8) is 0 Å². The first kappa shape index (κ1) is 10.1. The predicted molar refractivity (Wildman–Crippen MR) is 63.6 cm³/mol. The van der Waals surface area contributed by atoms with E-state index in [2.05, 4.69) is 31.1 Å². The summed E-state index contributed by atoms with van der Waals surface area (Å²) in [6, 6.07) is 5.63. The monoisotopic (exact) mass is 206 g/mol. The van der Waals surface area contributed by atoms with Crippen molar-refractivity contribution in [2.45, 2.75) is 13.8 Å². The quantitative estimate of drug-likeness (QED) is 0.639. The van der Waals surface area contributed by atoms with E-state index in [9.17, 15) is 5.11 Å². The van der Waals surface area contributed by atoms with Gasteiger partial charge in [0.1, 0.15) is 11.4 Å². The fourth-order valence-corrected chi connectivity index (χ4v) is 2.14. The summed E-state index contributed by atoms with van der Waals surface area (Å²) >= 11 is 0. The summed E-state index contributed by atoms with van der Waals surface area (Å²) in [7, 11) is 2.06. The minimum atomic E-state index is 0.209. The molecule has 0 amide bonds. The maximum atomic E-state index is 9.78. The maximum Gasteiger partial charge on any atom is 0.140 e. The second-order valence-corrected chi connectivity index (χ2v) is 5.05. The molecule has 0 radical (unpaired) electrons. The van der Waals surface area contributed by atoms with E-state index in [1.165, 1.54) is 0 Å². The van der Waals surface area contributed by atoms with Crippen LogP contribution in [-0.4, -0.2) is 25.2 Å². The number of para-hydroxylation sites is 1. The zero-order chi connectivity index (χ0) is 11.1. The van der Waals surface area contributed by atoms with E-state index in [-0.39, 0.29) is 5.41 Å². The number of aromatic hydroxyl groups is 1. The van der Waals surface area contributed by atoms with Crippen molar-refractivity contribution >= 4 is 11.4 Å². The molecule has 82 valence electrons. The van der Waals surface area contributed by atoms with E-state index in [0.717, 1.165) is 24.5 Å². The van der Waals surface area contributed by atoms with Gasteiger partial charge in [-0.05, 0) is 17.5 Å². The van der Waals surface area contributed by atoms with E-state index in [4.69, 9.17) is 0 Å². The molecule has 2 rings (SSSR count). The number of phenolic OH excluding ortho intramolecular Hbond substituents is 1. The molecular weight excluding hydrogens is 188 g/mol. The van der Waals surface area contributed by atoms with Crippen LogP contribution in [-0.2, 0) is 0 Å². The first-order valence-electron chi connectivity index (χ1n) is 5.27. The van der Waals surface area contributed by atoms with E-state index in [0.29, 0.717) is 5.75 Å². The average Bonchev–Trinajstić information content (AvgIpc) is 2.25. The fourth-order valence-electron chi connectivity index (χ4n) is 2.14. The van der Waals surface area contributed by atoms with Gasteiger partial charge >= 0.3 is 0 Å². The van der Waals surface area contributed by atoms with Gasteiger partial charge in [0.2, 0.25) is 0 Å². The van der Waals surface area contributed by atoms with Gasteiger partial charge in [-0.2, -0.15) is 0 Å². The van der Waals surface area contributed by atoms with Crippen molar-refractivity contribution < 1.29 is 5.11 Å². The number of nitrogens with zero attached hydrogens (tertiary/aromatic N) is 1. The number of anilines is 2. The summed E-state index contributed by atoms with van der Waals surface area (Å²) < 4.78 is 0. The molecule has 1 aliphatic heterocycles. The van der Waals surface area contributed by atoms with Crippen LogP contribution >= 0.6 is 0 Å². The highest BCUT2D eigenvalue weighted by Crippen LogP contribution is 2.38. The smallest absolute Gasteiger partial charge is 0.140 e. The lowest BCUT2D eigenvalue weighted by molar-refractivity contribution is 0.402. The molecule has 1 aromatic carbocycles. The fraction of sp³-hybridized carbons (Fsp3) is 0.500. The summed E-state index contributed by atoms with van der Waals surface area (Å²) in [5.74, 6) is 0.331. The van der Waals surface area contributed by atoms with E-state index in [1.54, 1.807) is 6.07 Å². The van der Waals surface area contributed by atoms with Crippen molar-refractivity contribution in [3.8, 4) is 5.75 Å². The zero-order valence-electron chi connectivity index (χ0n) is 9.54. The van der Waals surface area contributed by atoms with Gasteiger partial charge < -0.3 is 15.3 Å². The standard InChI is InChI=1S/C12H18N2O/c1-12(2)7-13-11-9(14(3)8-12)5-4-6-10(11)15/h4-6,13,15H,7-8H2,1-3H3. The number of hydrogen-bond donors (Lipinski definition) is 2. The Labute approximate surface area is 90.7 Å². The van der Waals surface area contributed by atoms with Crippen LogP contribution < -0.4 is 10.2 Å². The number of phenols is 1. The molecule has 0 saturated carbocycles. The first-order valence-corrected chi connectivity index (χ1v) is 5.27. The number of fused-ring (bicyclic) bond motifs is 1. The van der Waals surface area contributed by atoms with Crippen molar-refractivity contribution in [2.24, 2.45) is 5.41 Å². The molecule has 0 aromatic heterocycles. The topological polar surface area (TPSA) is 35.5 Å². The first-order chi connectivity index (χ1) is 6.99. The molecule has 0 unspecified atom stereocenters. The maximum absolute atomic E-state index is 9.78. The van der Waals surface area contributed by atoms with Crippen LogP contribution in [0.3, 0.4) is 0 Å². The third-order valence-corrected chi connectivity index (χ3v) is 2.84. The third kappa shape index (κ3) is 1.87. The molecule has 0 aliphatic carbocycles. The number of rotatable bonds is 0.